The number of hydrogen-bond acceptors (Lipinski definition) is 5. The van der Waals surface area contributed by atoms with E-state index < -0.39 is 0 Å². The summed E-state index contributed by atoms with van der Waals surface area (Å²) in [5.74, 6) is 0.648. The first-order valence-electron chi connectivity index (χ1n) is 7.14. The molecule has 0 aliphatic heterocycles. The Morgan fingerprint density at radius 3 is 2.64 bits per heavy atom. The van der Waals surface area contributed by atoms with Crippen LogP contribution in [-0.2, 0) is 12.0 Å². The van der Waals surface area contributed by atoms with Crippen molar-refractivity contribution in [3.63, 3.8) is 0 Å². The minimum atomic E-state index is -0.0327. The monoisotopic (exact) mass is 318 g/mol. The van der Waals surface area contributed by atoms with Gasteiger partial charge in [-0.3, -0.25) is 4.79 Å². The molecule has 0 aliphatic rings. The van der Waals surface area contributed by atoms with Crippen LogP contribution in [0.2, 0.25) is 0 Å². The molecule has 0 spiro atoms. The van der Waals surface area contributed by atoms with Crippen LogP contribution in [0.1, 0.15) is 41.0 Å². The number of thiazole rings is 1. The lowest BCUT2D eigenvalue weighted by Crippen LogP contribution is -2.21. The lowest BCUT2D eigenvalue weighted by atomic mass is 9.96. The lowest BCUT2D eigenvalue weighted by Gasteiger charge is -2.14. The normalized spacial score (nSPS) is 11.3. The zero-order valence-corrected chi connectivity index (χ0v) is 14.5. The van der Waals surface area contributed by atoms with E-state index in [1.165, 1.54) is 4.88 Å². The highest BCUT2D eigenvalue weighted by atomic mass is 32.1. The van der Waals surface area contributed by atoms with E-state index in [0.717, 1.165) is 5.01 Å². The molecule has 0 atom stereocenters. The van der Waals surface area contributed by atoms with Gasteiger partial charge in [-0.2, -0.15) is 0 Å². The van der Waals surface area contributed by atoms with Crippen LogP contribution in [0.3, 0.4) is 0 Å². The summed E-state index contributed by atoms with van der Waals surface area (Å²) in [6.45, 7) is 7.13. The third-order valence-electron chi connectivity index (χ3n) is 3.13. The van der Waals surface area contributed by atoms with Gasteiger partial charge in [0.2, 0.25) is 0 Å². The standard InChI is InChI=1S/C16H22N4OS/c1-16(2,3)12-9-19-14(22-12)10-18-13-8-11(6-7-17-13)15(21)20(4)5/h6-9H,10H2,1-5H3,(H,17,18). The SMILES string of the molecule is CN(C)C(=O)c1ccnc(NCc2ncc(C(C)(C)C)s2)c1. The average Bonchev–Trinajstić information content (AvgIpc) is 2.93. The summed E-state index contributed by atoms with van der Waals surface area (Å²) in [6.07, 6.45) is 3.57. The van der Waals surface area contributed by atoms with Gasteiger partial charge in [-0.15, -0.1) is 11.3 Å². The molecule has 5 nitrogen and oxygen atoms in total. The Labute approximate surface area is 135 Å². The smallest absolute Gasteiger partial charge is 0.253 e. The molecule has 0 unspecified atom stereocenters. The molecule has 0 fully saturated rings. The molecule has 1 N–H and O–H groups in total. The molecule has 6 heteroatoms. The van der Waals surface area contributed by atoms with Crippen LogP contribution >= 0.6 is 11.3 Å². The van der Waals surface area contributed by atoms with Crippen LogP contribution in [0.15, 0.2) is 24.5 Å². The van der Waals surface area contributed by atoms with E-state index in [4.69, 9.17) is 0 Å². The van der Waals surface area contributed by atoms with Gasteiger partial charge in [-0.05, 0) is 17.5 Å². The Balaban J connectivity index is 2.04. The molecule has 0 bridgehead atoms. The quantitative estimate of drug-likeness (QED) is 0.941. The number of amides is 1. The first-order valence-corrected chi connectivity index (χ1v) is 7.96. The average molecular weight is 318 g/mol. The van der Waals surface area contributed by atoms with Gasteiger partial charge in [-0.25, -0.2) is 9.97 Å². The number of carbonyl (C=O) groups is 1. The second kappa shape index (κ2) is 6.44. The van der Waals surface area contributed by atoms with Crippen LogP contribution in [0.25, 0.3) is 0 Å². The fraction of sp³-hybridized carbons (Fsp3) is 0.438. The van der Waals surface area contributed by atoms with Crippen molar-refractivity contribution in [3.8, 4) is 0 Å². The van der Waals surface area contributed by atoms with Crippen LogP contribution in [0, 0.1) is 0 Å². The van der Waals surface area contributed by atoms with Gasteiger partial charge in [0, 0.05) is 36.9 Å². The maximum Gasteiger partial charge on any atom is 0.253 e. The third kappa shape index (κ3) is 4.04. The molecule has 0 radical (unpaired) electrons. The van der Waals surface area contributed by atoms with Crippen molar-refractivity contribution in [3.05, 3.63) is 40.0 Å². The molecule has 22 heavy (non-hydrogen) atoms. The molecule has 2 aromatic rings. The molecular formula is C16H22N4OS. The highest BCUT2D eigenvalue weighted by Gasteiger charge is 2.17. The largest absolute Gasteiger partial charge is 0.364 e. The number of pyridine rings is 1. The molecule has 118 valence electrons. The second-order valence-corrected chi connectivity index (χ2v) is 7.47. The van der Waals surface area contributed by atoms with Crippen LogP contribution in [0.5, 0.6) is 0 Å². The van der Waals surface area contributed by atoms with Crippen molar-refractivity contribution in [2.24, 2.45) is 0 Å². The first kappa shape index (κ1) is 16.4. The molecule has 2 rings (SSSR count). The molecular weight excluding hydrogens is 296 g/mol. The van der Waals surface area contributed by atoms with Gasteiger partial charge in [0.05, 0.1) is 6.54 Å². The van der Waals surface area contributed by atoms with E-state index in [-0.39, 0.29) is 11.3 Å². The van der Waals surface area contributed by atoms with Crippen molar-refractivity contribution in [2.45, 2.75) is 32.7 Å². The minimum Gasteiger partial charge on any atom is -0.364 e. The number of hydrogen-bond donors (Lipinski definition) is 1. The van der Waals surface area contributed by atoms with E-state index >= 15 is 0 Å². The molecule has 1 amide bonds. The number of nitrogens with zero attached hydrogens (tertiary/aromatic N) is 3. The van der Waals surface area contributed by atoms with Crippen LogP contribution < -0.4 is 5.32 Å². The second-order valence-electron chi connectivity index (χ2n) is 6.35. The number of aromatic nitrogens is 2. The molecule has 2 heterocycles. The third-order valence-corrected chi connectivity index (χ3v) is 4.55. The van der Waals surface area contributed by atoms with Crippen molar-refractivity contribution in [1.82, 2.24) is 14.9 Å². The fourth-order valence-electron chi connectivity index (χ4n) is 1.82. The summed E-state index contributed by atoms with van der Waals surface area (Å²) in [7, 11) is 3.47. The van der Waals surface area contributed by atoms with Crippen molar-refractivity contribution in [1.29, 1.82) is 0 Å². The lowest BCUT2D eigenvalue weighted by molar-refractivity contribution is 0.0827. The number of nitrogens with one attached hydrogen (secondary N) is 1. The van der Waals surface area contributed by atoms with Crippen molar-refractivity contribution < 1.29 is 4.79 Å². The van der Waals surface area contributed by atoms with Gasteiger partial charge in [0.25, 0.3) is 5.91 Å². The number of rotatable bonds is 4. The molecule has 0 aliphatic carbocycles. The van der Waals surface area contributed by atoms with Crippen LogP contribution in [-0.4, -0.2) is 34.9 Å². The predicted octanol–water partition coefficient (Wildman–Crippen LogP) is 3.15. The molecule has 0 saturated carbocycles. The zero-order chi connectivity index (χ0) is 16.3. The number of anilines is 1. The van der Waals surface area contributed by atoms with Crippen molar-refractivity contribution in [2.75, 3.05) is 19.4 Å². The highest BCUT2D eigenvalue weighted by molar-refractivity contribution is 7.11. The first-order chi connectivity index (χ1) is 10.3. The fourth-order valence-corrected chi connectivity index (χ4v) is 2.74. The summed E-state index contributed by atoms with van der Waals surface area (Å²) < 4.78 is 0. The molecule has 0 aromatic carbocycles. The Bertz CT molecular complexity index is 658. The summed E-state index contributed by atoms with van der Waals surface area (Å²) in [5.41, 5.74) is 0.740. The summed E-state index contributed by atoms with van der Waals surface area (Å²) in [6, 6.07) is 3.48. The van der Waals surface area contributed by atoms with Gasteiger partial charge in [0.15, 0.2) is 0 Å². The number of carbonyl (C=O) groups excluding carboxylic acids is 1. The molecule has 2 aromatic heterocycles. The Kier molecular flexibility index (Phi) is 4.81. The Morgan fingerprint density at radius 1 is 1.32 bits per heavy atom. The van der Waals surface area contributed by atoms with Gasteiger partial charge < -0.3 is 10.2 Å². The molecule has 0 saturated heterocycles. The van der Waals surface area contributed by atoms with E-state index in [1.807, 2.05) is 6.20 Å². The maximum absolute atomic E-state index is 11.9. The summed E-state index contributed by atoms with van der Waals surface area (Å²) in [5, 5.41) is 4.24. The summed E-state index contributed by atoms with van der Waals surface area (Å²) in [4.78, 5) is 23.4. The highest BCUT2D eigenvalue weighted by Crippen LogP contribution is 2.27. The predicted molar refractivity (Wildman–Crippen MR) is 90.4 cm³/mol. The van der Waals surface area contributed by atoms with E-state index in [1.54, 1.807) is 48.7 Å². The maximum atomic E-state index is 11.9. The van der Waals surface area contributed by atoms with Crippen molar-refractivity contribution >= 4 is 23.1 Å². The summed E-state index contributed by atoms with van der Waals surface area (Å²) >= 11 is 1.70. The van der Waals surface area contributed by atoms with Gasteiger partial charge in [-0.1, -0.05) is 20.8 Å². The van der Waals surface area contributed by atoms with E-state index in [0.29, 0.717) is 17.9 Å². The van der Waals surface area contributed by atoms with Crippen LogP contribution in [0.4, 0.5) is 5.82 Å². The minimum absolute atomic E-state index is 0.0327. The zero-order valence-electron chi connectivity index (χ0n) is 13.7. The van der Waals surface area contributed by atoms with Gasteiger partial charge in [0.1, 0.15) is 10.8 Å². The Morgan fingerprint density at radius 2 is 2.05 bits per heavy atom. The van der Waals surface area contributed by atoms with E-state index in [2.05, 4.69) is 36.1 Å². The van der Waals surface area contributed by atoms with E-state index in [9.17, 15) is 4.79 Å². The Hall–Kier alpha value is -1.95. The van der Waals surface area contributed by atoms with Gasteiger partial charge >= 0.3 is 0 Å². The topological polar surface area (TPSA) is 58.1 Å².